The number of nitrogens with one attached hydrogen (secondary N) is 3. The number of rotatable bonds is 26. The van der Waals surface area contributed by atoms with E-state index in [1.54, 1.807) is 13.0 Å². The molecule has 0 radical (unpaired) electrons. The van der Waals surface area contributed by atoms with Crippen LogP contribution in [-0.4, -0.2) is 77.5 Å². The lowest BCUT2D eigenvalue weighted by Gasteiger charge is -2.21. The Labute approximate surface area is 297 Å². The SMILES string of the molecule is C=C(NC(=O)C(C)C(O)CCC(C)C(=O)C=CC(C)=CCCC(C)CCCCCC)C(=O)NCC(C)C(=O)NC(CC(O)C(N)=O)C(=O)OC. The predicted octanol–water partition coefficient (Wildman–Crippen LogP) is 3.13. The second-order valence-electron chi connectivity index (χ2n) is 13.4. The third-order valence-corrected chi connectivity index (χ3v) is 8.71. The van der Waals surface area contributed by atoms with Gasteiger partial charge in [0.1, 0.15) is 12.1 Å². The first-order chi connectivity index (χ1) is 23.4. The van der Waals surface area contributed by atoms with Gasteiger partial charge in [0, 0.05) is 18.9 Å². The van der Waals surface area contributed by atoms with Crippen LogP contribution in [0.2, 0.25) is 0 Å². The zero-order valence-electron chi connectivity index (χ0n) is 31.1. The minimum atomic E-state index is -1.69. The van der Waals surface area contributed by atoms with Crippen LogP contribution in [0.15, 0.2) is 36.1 Å². The van der Waals surface area contributed by atoms with Gasteiger partial charge in [-0.25, -0.2) is 4.79 Å². The summed E-state index contributed by atoms with van der Waals surface area (Å²) in [5.41, 5.74) is 5.73. The molecule has 0 bridgehead atoms. The van der Waals surface area contributed by atoms with Crippen LogP contribution < -0.4 is 21.7 Å². The average Bonchev–Trinajstić information content (AvgIpc) is 3.08. The summed E-state index contributed by atoms with van der Waals surface area (Å²) in [6.07, 6.45) is 11.3. The first kappa shape index (κ1) is 46.2. The quantitative estimate of drug-likeness (QED) is 0.0337. The van der Waals surface area contributed by atoms with Crippen LogP contribution in [0.1, 0.15) is 106 Å². The molecule has 0 aliphatic heterocycles. The van der Waals surface area contributed by atoms with Crippen molar-refractivity contribution in [2.45, 2.75) is 124 Å². The first-order valence-electron chi connectivity index (χ1n) is 17.6. The van der Waals surface area contributed by atoms with E-state index in [0.29, 0.717) is 12.3 Å². The molecule has 0 aromatic carbocycles. The lowest BCUT2D eigenvalue weighted by molar-refractivity contribution is -0.147. The van der Waals surface area contributed by atoms with Gasteiger partial charge in [-0.3, -0.25) is 24.0 Å². The van der Waals surface area contributed by atoms with Crippen LogP contribution in [0.5, 0.6) is 0 Å². The third-order valence-electron chi connectivity index (χ3n) is 8.71. The van der Waals surface area contributed by atoms with E-state index in [0.717, 1.165) is 25.5 Å². The lowest BCUT2D eigenvalue weighted by atomic mass is 9.92. The van der Waals surface area contributed by atoms with E-state index in [2.05, 4.69) is 47.2 Å². The number of nitrogens with two attached hydrogens (primary N) is 1. The zero-order valence-corrected chi connectivity index (χ0v) is 31.1. The first-order valence-corrected chi connectivity index (χ1v) is 17.6. The molecule has 0 spiro atoms. The van der Waals surface area contributed by atoms with Gasteiger partial charge in [0.05, 0.1) is 30.7 Å². The Hall–Kier alpha value is -3.84. The molecule has 0 fully saturated rings. The van der Waals surface area contributed by atoms with Crippen molar-refractivity contribution >= 4 is 35.4 Å². The number of methoxy groups -OCH3 is 1. The van der Waals surface area contributed by atoms with Crippen LogP contribution in [0, 0.1) is 23.7 Å². The van der Waals surface area contributed by atoms with Gasteiger partial charge < -0.3 is 36.6 Å². The van der Waals surface area contributed by atoms with Gasteiger partial charge >= 0.3 is 5.97 Å². The van der Waals surface area contributed by atoms with E-state index in [1.807, 2.05) is 13.0 Å². The average molecular weight is 707 g/mol. The molecule has 0 aromatic rings. The summed E-state index contributed by atoms with van der Waals surface area (Å²) in [5.74, 6) is -5.62. The summed E-state index contributed by atoms with van der Waals surface area (Å²) in [6, 6.07) is -1.35. The van der Waals surface area contributed by atoms with Crippen molar-refractivity contribution in [2.24, 2.45) is 29.4 Å². The highest BCUT2D eigenvalue weighted by atomic mass is 16.5. The maximum atomic E-state index is 12.7. The van der Waals surface area contributed by atoms with Crippen LogP contribution in [-0.2, 0) is 33.5 Å². The van der Waals surface area contributed by atoms with Crippen molar-refractivity contribution in [3.63, 3.8) is 0 Å². The van der Waals surface area contributed by atoms with Crippen molar-refractivity contribution in [1.29, 1.82) is 0 Å². The summed E-state index contributed by atoms with van der Waals surface area (Å²) in [5, 5.41) is 27.4. The van der Waals surface area contributed by atoms with E-state index < -0.39 is 66.1 Å². The summed E-state index contributed by atoms with van der Waals surface area (Å²) in [4.78, 5) is 73.5. The Kier molecular flexibility index (Phi) is 23.2. The highest BCUT2D eigenvalue weighted by Crippen LogP contribution is 2.18. The molecule has 13 heteroatoms. The van der Waals surface area contributed by atoms with Crippen molar-refractivity contribution < 1.29 is 43.7 Å². The molecule has 0 saturated carbocycles. The molecule has 0 rings (SSSR count). The molecule has 13 nitrogen and oxygen atoms in total. The highest BCUT2D eigenvalue weighted by molar-refractivity contribution is 5.97. The van der Waals surface area contributed by atoms with E-state index >= 15 is 0 Å². The van der Waals surface area contributed by atoms with Crippen LogP contribution in [0.3, 0.4) is 0 Å². The standard InChI is InChI=1S/C37H62N4O9/c1-9-10-11-12-14-23(2)15-13-16-24(3)17-19-30(42)25(4)18-20-31(43)27(6)35(47)40-28(7)36(48)39-22-26(5)34(46)41-29(37(49)50-8)21-32(44)33(38)45/h16-17,19,23,25-27,29,31-32,43-44H,7,9-15,18,20-22H2,1-6,8H3,(H2,38,45)(H,39,48)(H,40,47)(H,41,46). The predicted molar refractivity (Wildman–Crippen MR) is 192 cm³/mol. The topological polar surface area (TPSA) is 214 Å². The molecule has 7 atom stereocenters. The molecule has 0 saturated heterocycles. The number of carbonyl (C=O) groups excluding carboxylic acids is 6. The Bertz CT molecular complexity index is 1200. The van der Waals surface area contributed by atoms with Crippen molar-refractivity contribution in [3.8, 4) is 0 Å². The van der Waals surface area contributed by atoms with Crippen molar-refractivity contribution in [2.75, 3.05) is 13.7 Å². The fourth-order valence-corrected chi connectivity index (χ4v) is 4.87. The number of esters is 1. The summed E-state index contributed by atoms with van der Waals surface area (Å²) >= 11 is 0. The fourth-order valence-electron chi connectivity index (χ4n) is 4.87. The Morgan fingerprint density at radius 3 is 2.14 bits per heavy atom. The smallest absolute Gasteiger partial charge is 0.328 e. The number of hydrogen-bond acceptors (Lipinski definition) is 9. The number of unbranched alkanes of at least 4 members (excludes halogenated alkanes) is 3. The Morgan fingerprint density at radius 2 is 1.54 bits per heavy atom. The number of aliphatic hydroxyl groups excluding tert-OH is 2. The van der Waals surface area contributed by atoms with Gasteiger partial charge in [-0.05, 0) is 44.6 Å². The Balaban J connectivity index is 4.72. The van der Waals surface area contributed by atoms with E-state index in [1.165, 1.54) is 46.0 Å². The molecular weight excluding hydrogens is 644 g/mol. The molecule has 7 N–H and O–H groups in total. The number of ketones is 1. The summed E-state index contributed by atoms with van der Waals surface area (Å²) < 4.78 is 4.58. The molecule has 0 aliphatic carbocycles. The molecule has 0 heterocycles. The highest BCUT2D eigenvalue weighted by Gasteiger charge is 2.29. The monoisotopic (exact) mass is 706 g/mol. The van der Waals surface area contributed by atoms with Gasteiger partial charge in [-0.1, -0.05) is 91.0 Å². The molecule has 0 aromatic heterocycles. The number of amides is 4. The second kappa shape index (κ2) is 25.2. The van der Waals surface area contributed by atoms with E-state index in [9.17, 15) is 39.0 Å². The van der Waals surface area contributed by atoms with Gasteiger partial charge in [-0.2, -0.15) is 0 Å². The lowest BCUT2D eigenvalue weighted by Crippen LogP contribution is -2.49. The van der Waals surface area contributed by atoms with E-state index in [-0.39, 0.29) is 30.4 Å². The number of primary amides is 1. The largest absolute Gasteiger partial charge is 0.467 e. The van der Waals surface area contributed by atoms with Crippen molar-refractivity contribution in [3.05, 3.63) is 36.1 Å². The molecule has 7 unspecified atom stereocenters. The van der Waals surface area contributed by atoms with Gasteiger partial charge in [0.2, 0.25) is 17.7 Å². The minimum Gasteiger partial charge on any atom is -0.467 e. The van der Waals surface area contributed by atoms with Crippen molar-refractivity contribution in [1.82, 2.24) is 16.0 Å². The molecule has 284 valence electrons. The maximum absolute atomic E-state index is 12.7. The molecule has 50 heavy (non-hydrogen) atoms. The third kappa shape index (κ3) is 19.4. The van der Waals surface area contributed by atoms with E-state index in [4.69, 9.17) is 5.73 Å². The number of aliphatic hydroxyl groups is 2. The van der Waals surface area contributed by atoms with Gasteiger partial charge in [-0.15, -0.1) is 0 Å². The number of ether oxygens (including phenoxy) is 1. The number of carbonyl (C=O) groups is 6. The number of hydrogen-bond donors (Lipinski definition) is 6. The van der Waals surface area contributed by atoms with Crippen LogP contribution >= 0.6 is 0 Å². The van der Waals surface area contributed by atoms with Crippen LogP contribution in [0.4, 0.5) is 0 Å². The zero-order chi connectivity index (χ0) is 38.4. The van der Waals surface area contributed by atoms with Gasteiger partial charge in [0.25, 0.3) is 5.91 Å². The molecule has 0 aliphatic rings. The normalized spacial score (nSPS) is 15.9. The minimum absolute atomic E-state index is 0.0663. The van der Waals surface area contributed by atoms with Crippen LogP contribution in [0.25, 0.3) is 0 Å². The fraction of sp³-hybridized carbons (Fsp3) is 0.676. The second-order valence-corrected chi connectivity index (χ2v) is 13.4. The summed E-state index contributed by atoms with van der Waals surface area (Å²) in [6.45, 7) is 14.5. The number of allylic oxidation sites excluding steroid dienone is 4. The van der Waals surface area contributed by atoms with Gasteiger partial charge in [0.15, 0.2) is 5.78 Å². The maximum Gasteiger partial charge on any atom is 0.328 e. The molecular formula is C37H62N4O9. The molecule has 4 amide bonds. The summed E-state index contributed by atoms with van der Waals surface area (Å²) in [7, 11) is 1.07. The Morgan fingerprint density at radius 1 is 0.880 bits per heavy atom.